The van der Waals surface area contributed by atoms with Gasteiger partial charge in [0.2, 0.25) is 0 Å². The van der Waals surface area contributed by atoms with Gasteiger partial charge in [0, 0.05) is 24.5 Å². The third kappa shape index (κ3) is 3.31. The topological polar surface area (TPSA) is 75.4 Å². The maximum Gasteiger partial charge on any atom is 0.255 e. The van der Waals surface area contributed by atoms with Crippen LogP contribution in [0.15, 0.2) is 14.7 Å². The first kappa shape index (κ1) is 14.4. The predicted octanol–water partition coefficient (Wildman–Crippen LogP) is 1.65. The van der Waals surface area contributed by atoms with Crippen LogP contribution in [0.3, 0.4) is 0 Å². The van der Waals surface area contributed by atoms with Crippen LogP contribution in [0, 0.1) is 0 Å². The number of nitrogens with two attached hydrogens (primary N) is 1. The minimum absolute atomic E-state index is 0.276. The molecule has 1 saturated heterocycles. The first-order valence-electron chi connectivity index (χ1n) is 5.78. The van der Waals surface area contributed by atoms with E-state index < -0.39 is 10.0 Å². The van der Waals surface area contributed by atoms with Crippen molar-refractivity contribution in [1.29, 1.82) is 0 Å². The number of halogens is 1. The molecule has 8 heteroatoms. The fraction of sp³-hybridized carbons (Fsp3) is 0.600. The molecule has 0 atom stereocenters. The fourth-order valence-corrected chi connectivity index (χ4v) is 5.57. The SMILES string of the molecule is NCc1cc(S(=O)(=O)NN2CCCCC2)c(Br)s1. The minimum Gasteiger partial charge on any atom is -0.326 e. The fourth-order valence-electron chi connectivity index (χ4n) is 1.89. The molecule has 0 unspecified atom stereocenters. The van der Waals surface area contributed by atoms with Crippen LogP contribution >= 0.6 is 27.3 Å². The second-order valence-corrected chi connectivity index (χ2v) is 8.28. The Hall–Kier alpha value is 0.01000. The number of rotatable bonds is 4. The van der Waals surface area contributed by atoms with E-state index in [1.165, 1.54) is 11.3 Å². The highest BCUT2D eigenvalue weighted by molar-refractivity contribution is 9.11. The zero-order valence-corrected chi connectivity index (χ0v) is 13.1. The van der Waals surface area contributed by atoms with Gasteiger partial charge in [0.05, 0.1) is 3.79 Å². The van der Waals surface area contributed by atoms with Gasteiger partial charge < -0.3 is 5.73 Å². The molecule has 1 fully saturated rings. The summed E-state index contributed by atoms with van der Waals surface area (Å²) < 4.78 is 25.1. The molecule has 0 aliphatic carbocycles. The lowest BCUT2D eigenvalue weighted by molar-refractivity contribution is 0.200. The molecule has 2 heterocycles. The second kappa shape index (κ2) is 5.98. The van der Waals surface area contributed by atoms with Crippen molar-refractivity contribution in [3.63, 3.8) is 0 Å². The van der Waals surface area contributed by atoms with E-state index in [2.05, 4.69) is 20.8 Å². The van der Waals surface area contributed by atoms with Crippen molar-refractivity contribution < 1.29 is 8.42 Å². The van der Waals surface area contributed by atoms with Crippen LogP contribution in [0.4, 0.5) is 0 Å². The van der Waals surface area contributed by atoms with Gasteiger partial charge in [0.25, 0.3) is 10.0 Å². The molecule has 5 nitrogen and oxygen atoms in total. The Bertz CT molecular complexity index is 509. The molecule has 1 aromatic heterocycles. The number of nitrogens with zero attached hydrogens (tertiary/aromatic N) is 1. The van der Waals surface area contributed by atoms with Gasteiger partial charge in [-0.2, -0.15) is 0 Å². The third-order valence-electron chi connectivity index (χ3n) is 2.80. The zero-order chi connectivity index (χ0) is 13.2. The molecule has 18 heavy (non-hydrogen) atoms. The molecule has 0 spiro atoms. The molecule has 1 aliphatic rings. The molecule has 3 N–H and O–H groups in total. The van der Waals surface area contributed by atoms with Gasteiger partial charge in [-0.3, -0.25) is 0 Å². The van der Waals surface area contributed by atoms with Gasteiger partial charge in [-0.05, 0) is 34.8 Å². The maximum atomic E-state index is 12.2. The van der Waals surface area contributed by atoms with E-state index in [-0.39, 0.29) is 4.90 Å². The number of hydrogen-bond donors (Lipinski definition) is 2. The largest absolute Gasteiger partial charge is 0.326 e. The predicted molar refractivity (Wildman–Crippen MR) is 75.7 cm³/mol. The van der Waals surface area contributed by atoms with Crippen LogP contribution < -0.4 is 10.6 Å². The molecule has 0 bridgehead atoms. The summed E-state index contributed by atoms with van der Waals surface area (Å²) in [5.74, 6) is 0. The van der Waals surface area contributed by atoms with Crippen LogP contribution in [0.1, 0.15) is 24.1 Å². The standard InChI is InChI=1S/C10H16BrN3O2S2/c11-10-9(6-8(7-12)17-10)18(15,16)13-14-4-2-1-3-5-14/h6,13H,1-5,7,12H2. The molecule has 0 aromatic carbocycles. The molecule has 0 saturated carbocycles. The first-order valence-corrected chi connectivity index (χ1v) is 8.88. The lowest BCUT2D eigenvalue weighted by Crippen LogP contribution is -2.44. The lowest BCUT2D eigenvalue weighted by Gasteiger charge is -2.26. The number of hydrazine groups is 1. The lowest BCUT2D eigenvalue weighted by atomic mass is 10.2. The normalized spacial score (nSPS) is 18.1. The Morgan fingerprint density at radius 1 is 1.39 bits per heavy atom. The Morgan fingerprint density at radius 3 is 2.61 bits per heavy atom. The van der Waals surface area contributed by atoms with Crippen molar-refractivity contribution in [3.8, 4) is 0 Å². The van der Waals surface area contributed by atoms with Crippen LogP contribution in [-0.2, 0) is 16.6 Å². The molecule has 0 amide bonds. The van der Waals surface area contributed by atoms with Crippen molar-refractivity contribution in [2.75, 3.05) is 13.1 Å². The summed E-state index contributed by atoms with van der Waals surface area (Å²) in [6, 6.07) is 1.63. The van der Waals surface area contributed by atoms with Crippen LogP contribution in [0.2, 0.25) is 0 Å². The van der Waals surface area contributed by atoms with Crippen LogP contribution in [0.5, 0.6) is 0 Å². The summed E-state index contributed by atoms with van der Waals surface area (Å²) in [6.45, 7) is 1.89. The number of piperidine rings is 1. The van der Waals surface area contributed by atoms with Gasteiger partial charge in [-0.25, -0.2) is 13.4 Å². The summed E-state index contributed by atoms with van der Waals surface area (Å²) in [4.78, 5) is 3.76. The van der Waals surface area contributed by atoms with Gasteiger partial charge >= 0.3 is 0 Å². The van der Waals surface area contributed by atoms with Crippen molar-refractivity contribution >= 4 is 37.3 Å². The second-order valence-electron chi connectivity index (χ2n) is 4.20. The van der Waals surface area contributed by atoms with Gasteiger partial charge in [0.1, 0.15) is 4.90 Å². The third-order valence-corrected chi connectivity index (χ3v) is 6.45. The van der Waals surface area contributed by atoms with Gasteiger partial charge in [-0.15, -0.1) is 16.2 Å². The van der Waals surface area contributed by atoms with E-state index in [0.29, 0.717) is 10.3 Å². The first-order chi connectivity index (χ1) is 8.53. The van der Waals surface area contributed by atoms with Crippen LogP contribution in [0.25, 0.3) is 0 Å². The Kier molecular flexibility index (Phi) is 4.79. The number of sulfonamides is 1. The van der Waals surface area contributed by atoms with E-state index >= 15 is 0 Å². The van der Waals surface area contributed by atoms with Crippen molar-refractivity contribution in [2.24, 2.45) is 5.73 Å². The van der Waals surface area contributed by atoms with Crippen molar-refractivity contribution in [3.05, 3.63) is 14.7 Å². The molecule has 1 aromatic rings. The van der Waals surface area contributed by atoms with Crippen molar-refractivity contribution in [1.82, 2.24) is 9.84 Å². The average molecular weight is 354 g/mol. The molecular weight excluding hydrogens is 338 g/mol. The number of thiophene rings is 1. The molecule has 2 rings (SSSR count). The summed E-state index contributed by atoms with van der Waals surface area (Å²) in [7, 11) is -3.50. The van der Waals surface area contributed by atoms with Gasteiger partial charge in [-0.1, -0.05) is 6.42 Å². The van der Waals surface area contributed by atoms with E-state index in [9.17, 15) is 8.42 Å². The van der Waals surface area contributed by atoms with E-state index in [4.69, 9.17) is 5.73 Å². The highest BCUT2D eigenvalue weighted by Crippen LogP contribution is 2.31. The summed E-state index contributed by atoms with van der Waals surface area (Å²) in [5.41, 5.74) is 5.52. The quantitative estimate of drug-likeness (QED) is 0.862. The highest BCUT2D eigenvalue weighted by Gasteiger charge is 2.24. The zero-order valence-electron chi connectivity index (χ0n) is 9.86. The Morgan fingerprint density at radius 2 is 2.06 bits per heavy atom. The highest BCUT2D eigenvalue weighted by atomic mass is 79.9. The maximum absolute atomic E-state index is 12.2. The summed E-state index contributed by atoms with van der Waals surface area (Å²) in [6.07, 6.45) is 3.22. The number of hydrogen-bond acceptors (Lipinski definition) is 5. The van der Waals surface area contributed by atoms with Crippen LogP contribution in [-0.4, -0.2) is 26.5 Å². The van der Waals surface area contributed by atoms with Gasteiger partial charge in [0.15, 0.2) is 0 Å². The monoisotopic (exact) mass is 353 g/mol. The summed E-state index contributed by atoms with van der Waals surface area (Å²) in [5, 5.41) is 1.77. The average Bonchev–Trinajstić information content (AvgIpc) is 2.72. The van der Waals surface area contributed by atoms with E-state index in [0.717, 1.165) is 37.2 Å². The number of nitrogens with one attached hydrogen (secondary N) is 1. The van der Waals surface area contributed by atoms with Crippen molar-refractivity contribution in [2.45, 2.75) is 30.7 Å². The molecular formula is C10H16BrN3O2S2. The smallest absolute Gasteiger partial charge is 0.255 e. The van der Waals surface area contributed by atoms with E-state index in [1.54, 1.807) is 11.1 Å². The Labute approximate surface area is 120 Å². The Balaban J connectivity index is 2.16. The molecule has 102 valence electrons. The molecule has 0 radical (unpaired) electrons. The summed E-state index contributed by atoms with van der Waals surface area (Å²) >= 11 is 4.64. The molecule has 1 aliphatic heterocycles. The minimum atomic E-state index is -3.50. The van der Waals surface area contributed by atoms with E-state index in [1.807, 2.05) is 0 Å².